The number of benzene rings is 2. The van der Waals surface area contributed by atoms with Crippen molar-refractivity contribution in [2.45, 2.75) is 31.6 Å². The number of hydrogen-bond donors (Lipinski definition) is 1. The third-order valence-corrected chi connectivity index (χ3v) is 5.91. The molecule has 1 N–H and O–H groups in total. The van der Waals surface area contributed by atoms with Crippen molar-refractivity contribution in [2.24, 2.45) is 0 Å². The summed E-state index contributed by atoms with van der Waals surface area (Å²) in [5, 5.41) is 0. The van der Waals surface area contributed by atoms with E-state index >= 15 is 0 Å². The first kappa shape index (κ1) is 18.3. The molecule has 0 aliphatic carbocycles. The molecule has 1 aliphatic rings. The van der Waals surface area contributed by atoms with Gasteiger partial charge in [-0.05, 0) is 54.8 Å². The molecule has 138 valence electrons. The van der Waals surface area contributed by atoms with E-state index in [9.17, 15) is 13.2 Å². The van der Waals surface area contributed by atoms with Gasteiger partial charge in [-0.3, -0.25) is 9.52 Å². The van der Waals surface area contributed by atoms with Crippen LogP contribution in [0.2, 0.25) is 0 Å². The first-order valence-corrected chi connectivity index (χ1v) is 10.0. The molecule has 0 atom stereocenters. The average molecular weight is 374 g/mol. The minimum atomic E-state index is -3.81. The number of amides is 1. The lowest BCUT2D eigenvalue weighted by atomic mass is 10.1. The fourth-order valence-electron chi connectivity index (χ4n) is 3.15. The number of hydrogen-bond acceptors (Lipinski definition) is 4. The number of carbonyl (C=O) groups is 1. The Morgan fingerprint density at radius 2 is 1.92 bits per heavy atom. The molecule has 0 radical (unpaired) electrons. The normalized spacial score (nSPS) is 13.7. The number of fused-ring (bicyclic) bond motifs is 1. The molecular formula is C19H22N2O4S. The minimum Gasteiger partial charge on any atom is -0.495 e. The molecule has 6 nitrogen and oxygen atoms in total. The van der Waals surface area contributed by atoms with Crippen LogP contribution >= 0.6 is 0 Å². The second-order valence-electron chi connectivity index (χ2n) is 6.10. The van der Waals surface area contributed by atoms with Crippen molar-refractivity contribution in [1.29, 1.82) is 0 Å². The Hall–Kier alpha value is -2.54. The van der Waals surface area contributed by atoms with Gasteiger partial charge in [0.1, 0.15) is 10.6 Å². The third-order valence-electron chi connectivity index (χ3n) is 4.51. The zero-order chi connectivity index (χ0) is 18.9. The van der Waals surface area contributed by atoms with Gasteiger partial charge in [0.25, 0.3) is 10.0 Å². The van der Waals surface area contributed by atoms with Crippen LogP contribution in [0.25, 0.3) is 0 Å². The van der Waals surface area contributed by atoms with Gasteiger partial charge in [0, 0.05) is 17.9 Å². The Kier molecular flexibility index (Phi) is 4.91. The fourth-order valence-corrected chi connectivity index (χ4v) is 4.42. The molecule has 0 spiro atoms. The molecule has 0 unspecified atom stereocenters. The highest BCUT2D eigenvalue weighted by Gasteiger charge is 2.27. The van der Waals surface area contributed by atoms with E-state index in [4.69, 9.17) is 4.74 Å². The number of rotatable bonds is 6. The van der Waals surface area contributed by atoms with Crippen molar-refractivity contribution >= 4 is 27.3 Å². The highest BCUT2D eigenvalue weighted by Crippen LogP contribution is 2.33. The van der Waals surface area contributed by atoms with Crippen LogP contribution in [0, 0.1) is 0 Å². The Balaban J connectivity index is 1.94. The molecule has 0 aromatic heterocycles. The summed E-state index contributed by atoms with van der Waals surface area (Å²) in [5.74, 6) is 0.322. The second-order valence-corrected chi connectivity index (χ2v) is 7.75. The summed E-state index contributed by atoms with van der Waals surface area (Å²) >= 11 is 0. The highest BCUT2D eigenvalue weighted by atomic mass is 32.2. The topological polar surface area (TPSA) is 75.7 Å². The van der Waals surface area contributed by atoms with Gasteiger partial charge in [-0.25, -0.2) is 8.42 Å². The summed E-state index contributed by atoms with van der Waals surface area (Å²) < 4.78 is 33.5. The van der Waals surface area contributed by atoms with E-state index in [2.05, 4.69) is 4.72 Å². The summed E-state index contributed by atoms with van der Waals surface area (Å²) in [4.78, 5) is 13.8. The quantitative estimate of drug-likeness (QED) is 0.843. The van der Waals surface area contributed by atoms with Crippen LogP contribution in [-0.4, -0.2) is 28.0 Å². The molecule has 1 amide bonds. The van der Waals surface area contributed by atoms with Gasteiger partial charge in [-0.2, -0.15) is 0 Å². The van der Waals surface area contributed by atoms with Gasteiger partial charge in [-0.15, -0.1) is 0 Å². The van der Waals surface area contributed by atoms with Crippen LogP contribution in [0.1, 0.15) is 25.0 Å². The molecule has 1 aliphatic heterocycles. The van der Waals surface area contributed by atoms with Crippen molar-refractivity contribution in [1.82, 2.24) is 0 Å². The zero-order valence-electron chi connectivity index (χ0n) is 15.1. The fraction of sp³-hybridized carbons (Fsp3) is 0.316. The van der Waals surface area contributed by atoms with Crippen LogP contribution in [-0.2, 0) is 27.7 Å². The highest BCUT2D eigenvalue weighted by molar-refractivity contribution is 7.92. The molecule has 3 rings (SSSR count). The molecular weight excluding hydrogens is 352 g/mol. The third kappa shape index (κ3) is 3.26. The molecule has 0 saturated heterocycles. The van der Waals surface area contributed by atoms with E-state index in [1.165, 1.54) is 7.11 Å². The van der Waals surface area contributed by atoms with Crippen molar-refractivity contribution in [3.8, 4) is 5.75 Å². The first-order chi connectivity index (χ1) is 12.4. The van der Waals surface area contributed by atoms with E-state index in [1.807, 2.05) is 19.9 Å². The maximum atomic E-state index is 12.9. The SMILES string of the molecule is CCc1ccc(OC)c(S(=O)(=O)Nc2ccc3c(c2)CC(=O)N3CC)c1. The Labute approximate surface area is 153 Å². The molecule has 0 saturated carbocycles. The second kappa shape index (κ2) is 6.99. The molecule has 0 bridgehead atoms. The van der Waals surface area contributed by atoms with Crippen LogP contribution in [0.15, 0.2) is 41.3 Å². The number of nitrogens with zero attached hydrogens (tertiary/aromatic N) is 1. The van der Waals surface area contributed by atoms with E-state index < -0.39 is 10.0 Å². The number of anilines is 2. The van der Waals surface area contributed by atoms with Gasteiger partial charge in [0.05, 0.1) is 13.5 Å². The molecule has 0 fully saturated rings. The largest absolute Gasteiger partial charge is 0.495 e. The number of ether oxygens (including phenoxy) is 1. The minimum absolute atomic E-state index is 0.0276. The van der Waals surface area contributed by atoms with Crippen molar-refractivity contribution in [3.05, 3.63) is 47.5 Å². The number of sulfonamides is 1. The summed E-state index contributed by atoms with van der Waals surface area (Å²) in [5.41, 5.74) is 3.00. The Bertz CT molecular complexity index is 954. The van der Waals surface area contributed by atoms with Gasteiger partial charge in [-0.1, -0.05) is 13.0 Å². The van der Waals surface area contributed by atoms with Gasteiger partial charge >= 0.3 is 0 Å². The van der Waals surface area contributed by atoms with Crippen LogP contribution in [0.5, 0.6) is 5.75 Å². The monoisotopic (exact) mass is 374 g/mol. The predicted molar refractivity (Wildman–Crippen MR) is 101 cm³/mol. The lowest BCUT2D eigenvalue weighted by Crippen LogP contribution is -2.25. The molecule has 1 heterocycles. The molecule has 2 aromatic rings. The summed E-state index contributed by atoms with van der Waals surface area (Å²) in [7, 11) is -2.37. The van der Waals surface area contributed by atoms with E-state index in [0.717, 1.165) is 23.2 Å². The number of aryl methyl sites for hydroxylation is 1. The molecule has 2 aromatic carbocycles. The Morgan fingerprint density at radius 1 is 1.15 bits per heavy atom. The maximum Gasteiger partial charge on any atom is 0.265 e. The Morgan fingerprint density at radius 3 is 2.58 bits per heavy atom. The average Bonchev–Trinajstić information content (AvgIpc) is 2.94. The number of nitrogens with one attached hydrogen (secondary N) is 1. The van der Waals surface area contributed by atoms with E-state index in [1.54, 1.807) is 35.2 Å². The predicted octanol–water partition coefficient (Wildman–Crippen LogP) is 2.97. The number of likely N-dealkylation sites (N-methyl/N-ethyl adjacent to an activating group) is 1. The summed E-state index contributed by atoms with van der Waals surface area (Å²) in [6.07, 6.45) is 1.01. The maximum absolute atomic E-state index is 12.9. The zero-order valence-corrected chi connectivity index (χ0v) is 15.9. The van der Waals surface area contributed by atoms with Gasteiger partial charge in [0.15, 0.2) is 0 Å². The van der Waals surface area contributed by atoms with E-state index in [-0.39, 0.29) is 17.2 Å². The summed E-state index contributed by atoms with van der Waals surface area (Å²) in [6, 6.07) is 10.3. The lowest BCUT2D eigenvalue weighted by molar-refractivity contribution is -0.117. The number of methoxy groups -OCH3 is 1. The van der Waals surface area contributed by atoms with Crippen LogP contribution in [0.4, 0.5) is 11.4 Å². The van der Waals surface area contributed by atoms with Gasteiger partial charge in [0.2, 0.25) is 5.91 Å². The summed E-state index contributed by atoms with van der Waals surface area (Å²) in [6.45, 7) is 4.47. The molecule has 7 heteroatoms. The van der Waals surface area contributed by atoms with Crippen LogP contribution < -0.4 is 14.4 Å². The van der Waals surface area contributed by atoms with Crippen molar-refractivity contribution in [2.75, 3.05) is 23.3 Å². The van der Waals surface area contributed by atoms with Crippen molar-refractivity contribution in [3.63, 3.8) is 0 Å². The first-order valence-electron chi connectivity index (χ1n) is 8.52. The van der Waals surface area contributed by atoms with E-state index in [0.29, 0.717) is 18.0 Å². The van der Waals surface area contributed by atoms with Crippen molar-refractivity contribution < 1.29 is 17.9 Å². The standard InChI is InChI=1S/C19H22N2O4S/c1-4-13-6-9-17(25-3)18(10-13)26(23,24)20-15-7-8-16-14(11-15)12-19(22)21(16)5-2/h6-11,20H,4-5,12H2,1-3H3. The smallest absolute Gasteiger partial charge is 0.265 e. The molecule has 26 heavy (non-hydrogen) atoms. The number of carbonyl (C=O) groups excluding carboxylic acids is 1. The van der Waals surface area contributed by atoms with Gasteiger partial charge < -0.3 is 9.64 Å². The van der Waals surface area contributed by atoms with Crippen LogP contribution in [0.3, 0.4) is 0 Å². The lowest BCUT2D eigenvalue weighted by Gasteiger charge is -2.16.